The van der Waals surface area contributed by atoms with E-state index in [2.05, 4.69) is 45.1 Å². The molecule has 0 saturated carbocycles. The number of likely N-dealkylation sites (tertiary alicyclic amines) is 1. The number of sulfonamides is 1. The molecule has 3 aliphatic heterocycles. The Morgan fingerprint density at radius 3 is 2.36 bits per heavy atom. The van der Waals surface area contributed by atoms with Crippen LogP contribution < -0.4 is 4.90 Å². The van der Waals surface area contributed by atoms with E-state index in [1.54, 1.807) is 10.4 Å². The van der Waals surface area contributed by atoms with Crippen molar-refractivity contribution >= 4 is 15.8 Å². The van der Waals surface area contributed by atoms with Crippen LogP contribution in [0.1, 0.15) is 31.2 Å². The van der Waals surface area contributed by atoms with Gasteiger partial charge in [-0.25, -0.2) is 13.4 Å². The average molecular weight is 471 g/mol. The smallest absolute Gasteiger partial charge is 0.244 e. The summed E-state index contributed by atoms with van der Waals surface area (Å²) in [6, 6.07) is 14.1. The zero-order valence-corrected chi connectivity index (χ0v) is 20.0. The SMILES string of the molecule is O=S(=O)(c1ccc(N2CCOCC2)nc1)N1CCCC2(CCN(Cc3ccccc3)CC2)C1. The summed E-state index contributed by atoms with van der Waals surface area (Å²) in [7, 11) is -3.53. The van der Waals surface area contributed by atoms with Crippen molar-refractivity contribution in [1.82, 2.24) is 14.2 Å². The van der Waals surface area contributed by atoms with E-state index >= 15 is 0 Å². The third-order valence-corrected chi connectivity index (χ3v) is 9.31. The van der Waals surface area contributed by atoms with Crippen LogP contribution >= 0.6 is 0 Å². The standard InChI is InChI=1S/C25H34N4O3S/c30-33(31,23-7-8-24(26-19-23)28-15-17-32-18-16-28)29-12-4-9-25(21-29)10-13-27(14-11-25)20-22-5-2-1-3-6-22/h1-3,5-8,19H,4,9-18,20-21H2. The molecule has 3 fully saturated rings. The van der Waals surface area contributed by atoms with E-state index in [9.17, 15) is 8.42 Å². The minimum Gasteiger partial charge on any atom is -0.378 e. The number of aromatic nitrogens is 1. The number of hydrogen-bond donors (Lipinski definition) is 0. The predicted molar refractivity (Wildman–Crippen MR) is 129 cm³/mol. The summed E-state index contributed by atoms with van der Waals surface area (Å²) in [5, 5.41) is 0. The Kier molecular flexibility index (Phi) is 6.69. The van der Waals surface area contributed by atoms with Crippen LogP contribution in [0.3, 0.4) is 0 Å². The van der Waals surface area contributed by atoms with Crippen molar-refractivity contribution in [1.29, 1.82) is 0 Å². The second-order valence-corrected chi connectivity index (χ2v) is 11.6. The molecule has 0 amide bonds. The molecule has 178 valence electrons. The maximum atomic E-state index is 13.4. The first-order valence-electron chi connectivity index (χ1n) is 12.1. The molecule has 3 aliphatic rings. The van der Waals surface area contributed by atoms with Gasteiger partial charge in [0.15, 0.2) is 0 Å². The van der Waals surface area contributed by atoms with Crippen molar-refractivity contribution in [3.05, 3.63) is 54.2 Å². The lowest BCUT2D eigenvalue weighted by Gasteiger charge is -2.47. The molecule has 4 heterocycles. The number of hydrogen-bond acceptors (Lipinski definition) is 6. The van der Waals surface area contributed by atoms with Crippen LogP contribution in [0, 0.1) is 5.41 Å². The number of anilines is 1. The number of ether oxygens (including phenoxy) is 1. The van der Waals surface area contributed by atoms with E-state index in [0.29, 0.717) is 31.2 Å². The number of rotatable bonds is 5. The minimum absolute atomic E-state index is 0.0969. The van der Waals surface area contributed by atoms with Crippen LogP contribution in [0.15, 0.2) is 53.6 Å². The molecular weight excluding hydrogens is 436 g/mol. The number of piperidine rings is 2. The van der Waals surface area contributed by atoms with Gasteiger partial charge in [0.1, 0.15) is 10.7 Å². The predicted octanol–water partition coefficient (Wildman–Crippen LogP) is 2.99. The topological polar surface area (TPSA) is 66.0 Å². The van der Waals surface area contributed by atoms with Gasteiger partial charge in [-0.3, -0.25) is 4.90 Å². The summed E-state index contributed by atoms with van der Waals surface area (Å²) in [5.74, 6) is 0.818. The Morgan fingerprint density at radius 1 is 0.909 bits per heavy atom. The molecule has 0 unspecified atom stereocenters. The van der Waals surface area contributed by atoms with Gasteiger partial charge < -0.3 is 9.64 Å². The lowest BCUT2D eigenvalue weighted by molar-refractivity contribution is 0.0495. The van der Waals surface area contributed by atoms with Crippen LogP contribution in [-0.4, -0.2) is 75.1 Å². The van der Waals surface area contributed by atoms with Gasteiger partial charge in [0.25, 0.3) is 0 Å². The van der Waals surface area contributed by atoms with E-state index in [-0.39, 0.29) is 5.41 Å². The highest BCUT2D eigenvalue weighted by Gasteiger charge is 2.42. The van der Waals surface area contributed by atoms with Crippen LogP contribution in [0.5, 0.6) is 0 Å². The fourth-order valence-electron chi connectivity index (χ4n) is 5.46. The lowest BCUT2D eigenvalue weighted by Crippen LogP contribution is -2.50. The van der Waals surface area contributed by atoms with Gasteiger partial charge in [-0.2, -0.15) is 4.31 Å². The van der Waals surface area contributed by atoms with Gasteiger partial charge in [-0.05, 0) is 61.9 Å². The van der Waals surface area contributed by atoms with Gasteiger partial charge in [0.2, 0.25) is 10.0 Å². The first-order valence-corrected chi connectivity index (χ1v) is 13.5. The maximum Gasteiger partial charge on any atom is 0.244 e. The molecule has 1 spiro atoms. The molecule has 0 N–H and O–H groups in total. The van der Waals surface area contributed by atoms with Crippen molar-refractivity contribution in [2.45, 2.75) is 37.1 Å². The molecule has 2 aromatic rings. The highest BCUT2D eigenvalue weighted by Crippen LogP contribution is 2.41. The van der Waals surface area contributed by atoms with Crippen LogP contribution in [0.4, 0.5) is 5.82 Å². The Bertz CT molecular complexity index is 1020. The normalized spacial score (nSPS) is 22.5. The quantitative estimate of drug-likeness (QED) is 0.669. The van der Waals surface area contributed by atoms with Crippen molar-refractivity contribution in [2.24, 2.45) is 5.41 Å². The molecule has 33 heavy (non-hydrogen) atoms. The van der Waals surface area contributed by atoms with Gasteiger partial charge in [-0.15, -0.1) is 0 Å². The van der Waals surface area contributed by atoms with Crippen molar-refractivity contribution in [3.8, 4) is 0 Å². The van der Waals surface area contributed by atoms with Crippen molar-refractivity contribution < 1.29 is 13.2 Å². The second kappa shape index (κ2) is 9.70. The molecule has 0 radical (unpaired) electrons. The second-order valence-electron chi connectivity index (χ2n) is 9.66. The van der Waals surface area contributed by atoms with E-state index in [0.717, 1.165) is 64.2 Å². The van der Waals surface area contributed by atoms with E-state index in [1.807, 2.05) is 6.07 Å². The largest absolute Gasteiger partial charge is 0.378 e. The molecule has 3 saturated heterocycles. The summed E-state index contributed by atoms with van der Waals surface area (Å²) < 4.78 is 34.0. The van der Waals surface area contributed by atoms with Crippen LogP contribution in [0.25, 0.3) is 0 Å². The summed E-state index contributed by atoms with van der Waals surface area (Å²) in [4.78, 5) is 9.42. The first kappa shape index (κ1) is 22.8. The van der Waals surface area contributed by atoms with Crippen LogP contribution in [0.2, 0.25) is 0 Å². The third kappa shape index (κ3) is 5.09. The Morgan fingerprint density at radius 2 is 1.67 bits per heavy atom. The van der Waals surface area contributed by atoms with E-state index in [4.69, 9.17) is 4.74 Å². The highest BCUT2D eigenvalue weighted by molar-refractivity contribution is 7.89. The number of pyridine rings is 1. The molecule has 0 bridgehead atoms. The summed E-state index contributed by atoms with van der Waals surface area (Å²) in [6.45, 7) is 7.19. The van der Waals surface area contributed by atoms with E-state index < -0.39 is 10.0 Å². The zero-order chi connectivity index (χ0) is 22.7. The zero-order valence-electron chi connectivity index (χ0n) is 19.2. The number of morpholine rings is 1. The molecule has 7 nitrogen and oxygen atoms in total. The fraction of sp³-hybridized carbons (Fsp3) is 0.560. The van der Waals surface area contributed by atoms with Gasteiger partial charge in [0, 0.05) is 38.9 Å². The molecule has 0 aliphatic carbocycles. The first-order chi connectivity index (χ1) is 16.0. The Balaban J connectivity index is 1.22. The van der Waals surface area contributed by atoms with Gasteiger partial charge in [0.05, 0.1) is 13.2 Å². The number of benzene rings is 1. The molecule has 1 aromatic heterocycles. The third-order valence-electron chi connectivity index (χ3n) is 7.49. The monoisotopic (exact) mass is 470 g/mol. The lowest BCUT2D eigenvalue weighted by atomic mass is 9.73. The minimum atomic E-state index is -3.53. The highest BCUT2D eigenvalue weighted by atomic mass is 32.2. The van der Waals surface area contributed by atoms with E-state index in [1.165, 1.54) is 11.8 Å². The number of nitrogens with zero attached hydrogens (tertiary/aromatic N) is 4. The van der Waals surface area contributed by atoms with Crippen molar-refractivity contribution in [3.63, 3.8) is 0 Å². The van der Waals surface area contributed by atoms with Gasteiger partial charge >= 0.3 is 0 Å². The Labute approximate surface area is 197 Å². The molecule has 8 heteroatoms. The van der Waals surface area contributed by atoms with Crippen molar-refractivity contribution in [2.75, 3.05) is 57.4 Å². The molecule has 0 atom stereocenters. The Hall–Kier alpha value is -2.00. The summed E-state index contributed by atoms with van der Waals surface area (Å²) in [6.07, 6.45) is 5.69. The molecule has 5 rings (SSSR count). The fourth-order valence-corrected chi connectivity index (χ4v) is 6.99. The maximum absolute atomic E-state index is 13.4. The van der Waals surface area contributed by atoms with Crippen LogP contribution in [-0.2, 0) is 21.3 Å². The molecule has 1 aromatic carbocycles. The summed E-state index contributed by atoms with van der Waals surface area (Å²) >= 11 is 0. The average Bonchev–Trinajstić information content (AvgIpc) is 2.87. The summed E-state index contributed by atoms with van der Waals surface area (Å²) in [5.41, 5.74) is 1.44. The van der Waals surface area contributed by atoms with Gasteiger partial charge in [-0.1, -0.05) is 30.3 Å². The molecular formula is C25H34N4O3S.